The maximum Gasteiger partial charge on any atom is 0.251 e. The Morgan fingerprint density at radius 3 is 2.29 bits per heavy atom. The lowest BCUT2D eigenvalue weighted by Gasteiger charge is -2.19. The van der Waals surface area contributed by atoms with Gasteiger partial charge in [-0.2, -0.15) is 0 Å². The number of carbonyl (C=O) groups is 1. The number of nitrogens with one attached hydrogen (secondary N) is 1. The molecule has 1 unspecified atom stereocenters. The lowest BCUT2D eigenvalue weighted by Crippen LogP contribution is -2.29. The number of amides is 1. The highest BCUT2D eigenvalue weighted by molar-refractivity contribution is 5.94. The van der Waals surface area contributed by atoms with E-state index in [1.165, 1.54) is 29.8 Å². The highest BCUT2D eigenvalue weighted by Crippen LogP contribution is 2.41. The Labute approximate surface area is 124 Å². The fourth-order valence-corrected chi connectivity index (χ4v) is 2.50. The highest BCUT2D eigenvalue weighted by Gasteiger charge is 2.33. The molecule has 3 heteroatoms. The Hall–Kier alpha value is -2.16. The summed E-state index contributed by atoms with van der Waals surface area (Å²) in [6.45, 7) is 2.05. The van der Waals surface area contributed by atoms with Crippen molar-refractivity contribution in [3.05, 3.63) is 71.0 Å². The second kappa shape index (κ2) is 5.68. The first kappa shape index (κ1) is 13.8. The van der Waals surface area contributed by atoms with Crippen LogP contribution in [0.15, 0.2) is 48.5 Å². The number of benzene rings is 2. The van der Waals surface area contributed by atoms with Crippen LogP contribution in [0.5, 0.6) is 0 Å². The van der Waals surface area contributed by atoms with Crippen molar-refractivity contribution >= 4 is 5.91 Å². The van der Waals surface area contributed by atoms with Crippen molar-refractivity contribution in [1.82, 2.24) is 5.32 Å². The van der Waals surface area contributed by atoms with E-state index in [9.17, 15) is 9.18 Å². The molecule has 2 aromatic carbocycles. The molecule has 1 amide bonds. The van der Waals surface area contributed by atoms with Crippen LogP contribution < -0.4 is 5.32 Å². The molecule has 2 aromatic rings. The van der Waals surface area contributed by atoms with E-state index < -0.39 is 0 Å². The van der Waals surface area contributed by atoms with Crippen molar-refractivity contribution in [2.24, 2.45) is 5.92 Å². The number of halogens is 1. The Morgan fingerprint density at radius 2 is 1.71 bits per heavy atom. The van der Waals surface area contributed by atoms with Gasteiger partial charge >= 0.3 is 0 Å². The lowest BCUT2D eigenvalue weighted by molar-refractivity contribution is 0.0931. The standard InChI is InChI=1S/C18H18FNO/c1-12-2-4-13(5-3-12)17(14-6-7-14)20-18(21)15-8-10-16(19)11-9-15/h2-5,8-11,14,17H,6-7H2,1H3,(H,20,21). The van der Waals surface area contributed by atoms with Crippen LogP contribution in [0.25, 0.3) is 0 Å². The average Bonchev–Trinajstić information content (AvgIpc) is 3.31. The van der Waals surface area contributed by atoms with Gasteiger partial charge in [0.2, 0.25) is 0 Å². The maximum atomic E-state index is 12.9. The van der Waals surface area contributed by atoms with Crippen molar-refractivity contribution in [2.75, 3.05) is 0 Å². The van der Waals surface area contributed by atoms with Gasteiger partial charge in [-0.25, -0.2) is 4.39 Å². The summed E-state index contributed by atoms with van der Waals surface area (Å²) in [5.74, 6) is 0.0356. The van der Waals surface area contributed by atoms with Crippen LogP contribution >= 0.6 is 0 Å². The zero-order valence-electron chi connectivity index (χ0n) is 12.0. The minimum Gasteiger partial charge on any atom is -0.345 e. The molecule has 0 heterocycles. The van der Waals surface area contributed by atoms with Crippen LogP contribution in [-0.2, 0) is 0 Å². The Kier molecular flexibility index (Phi) is 3.74. The summed E-state index contributed by atoms with van der Waals surface area (Å²) in [5, 5.41) is 3.09. The normalized spacial score (nSPS) is 15.5. The third-order valence-electron chi connectivity index (χ3n) is 3.92. The Bertz CT molecular complexity index is 629. The molecule has 0 aromatic heterocycles. The molecule has 1 saturated carbocycles. The maximum absolute atomic E-state index is 12.9. The topological polar surface area (TPSA) is 29.1 Å². The second-order valence-electron chi connectivity index (χ2n) is 5.71. The van der Waals surface area contributed by atoms with Crippen molar-refractivity contribution in [3.8, 4) is 0 Å². The molecule has 21 heavy (non-hydrogen) atoms. The van der Waals surface area contributed by atoms with Gasteiger partial charge in [-0.3, -0.25) is 4.79 Å². The molecular weight excluding hydrogens is 265 g/mol. The fraction of sp³-hybridized carbons (Fsp3) is 0.278. The van der Waals surface area contributed by atoms with Crippen molar-refractivity contribution in [2.45, 2.75) is 25.8 Å². The molecule has 1 fully saturated rings. The molecule has 1 aliphatic carbocycles. The van der Waals surface area contributed by atoms with Gasteiger partial charge in [0.15, 0.2) is 0 Å². The summed E-state index contributed by atoms with van der Waals surface area (Å²) in [4.78, 5) is 12.3. The summed E-state index contributed by atoms with van der Waals surface area (Å²) in [7, 11) is 0. The van der Waals surface area contributed by atoms with Gasteiger partial charge in [0.1, 0.15) is 5.82 Å². The number of carbonyl (C=O) groups excluding carboxylic acids is 1. The van der Waals surface area contributed by atoms with Crippen LogP contribution in [0.4, 0.5) is 4.39 Å². The zero-order valence-corrected chi connectivity index (χ0v) is 12.0. The zero-order chi connectivity index (χ0) is 14.8. The van der Waals surface area contributed by atoms with E-state index in [1.54, 1.807) is 0 Å². The van der Waals surface area contributed by atoms with Crippen LogP contribution in [0.1, 0.15) is 40.4 Å². The molecule has 108 valence electrons. The molecule has 0 aliphatic heterocycles. The van der Waals surface area contributed by atoms with E-state index in [0.29, 0.717) is 11.5 Å². The van der Waals surface area contributed by atoms with Crippen molar-refractivity contribution in [1.29, 1.82) is 0 Å². The van der Waals surface area contributed by atoms with E-state index >= 15 is 0 Å². The second-order valence-corrected chi connectivity index (χ2v) is 5.71. The molecule has 3 rings (SSSR count). The predicted molar refractivity (Wildman–Crippen MR) is 80.5 cm³/mol. The minimum absolute atomic E-state index is 0.0446. The lowest BCUT2D eigenvalue weighted by atomic mass is 10.0. The van der Waals surface area contributed by atoms with E-state index in [2.05, 4.69) is 29.6 Å². The molecule has 1 aliphatic rings. The van der Waals surface area contributed by atoms with Crippen molar-refractivity contribution < 1.29 is 9.18 Å². The van der Waals surface area contributed by atoms with Gasteiger partial charge in [0.25, 0.3) is 5.91 Å². The third-order valence-corrected chi connectivity index (χ3v) is 3.92. The molecule has 0 saturated heterocycles. The average molecular weight is 283 g/mol. The molecule has 1 N–H and O–H groups in total. The number of hydrogen-bond acceptors (Lipinski definition) is 1. The molecule has 0 spiro atoms. The van der Waals surface area contributed by atoms with Gasteiger partial charge < -0.3 is 5.32 Å². The quantitative estimate of drug-likeness (QED) is 0.902. The number of aryl methyl sites for hydroxylation is 1. The SMILES string of the molecule is Cc1ccc(C(NC(=O)c2ccc(F)cc2)C2CC2)cc1. The Morgan fingerprint density at radius 1 is 1.10 bits per heavy atom. The van der Waals surface area contributed by atoms with E-state index in [4.69, 9.17) is 0 Å². The monoisotopic (exact) mass is 283 g/mol. The summed E-state index contributed by atoms with van der Waals surface area (Å²) in [6, 6.07) is 14.0. The van der Waals surface area contributed by atoms with Gasteiger partial charge in [-0.1, -0.05) is 29.8 Å². The third kappa shape index (κ3) is 3.30. The van der Waals surface area contributed by atoms with Crippen LogP contribution in [-0.4, -0.2) is 5.91 Å². The largest absolute Gasteiger partial charge is 0.345 e. The smallest absolute Gasteiger partial charge is 0.251 e. The first-order chi connectivity index (χ1) is 10.1. The minimum atomic E-state index is -0.330. The van der Waals surface area contributed by atoms with Gasteiger partial charge in [-0.15, -0.1) is 0 Å². The van der Waals surface area contributed by atoms with Crippen LogP contribution in [0.2, 0.25) is 0 Å². The van der Waals surface area contributed by atoms with Crippen LogP contribution in [0.3, 0.4) is 0 Å². The molecule has 0 bridgehead atoms. The highest BCUT2D eigenvalue weighted by atomic mass is 19.1. The van der Waals surface area contributed by atoms with E-state index in [0.717, 1.165) is 18.4 Å². The predicted octanol–water partition coefficient (Wildman–Crippen LogP) is 4.02. The van der Waals surface area contributed by atoms with Crippen LogP contribution in [0, 0.1) is 18.7 Å². The van der Waals surface area contributed by atoms with E-state index in [1.807, 2.05) is 6.92 Å². The van der Waals surface area contributed by atoms with Gasteiger partial charge in [0.05, 0.1) is 6.04 Å². The van der Waals surface area contributed by atoms with Gasteiger partial charge in [-0.05, 0) is 55.5 Å². The summed E-state index contributed by atoms with van der Waals surface area (Å²) in [6.07, 6.45) is 2.28. The molecule has 2 nitrogen and oxygen atoms in total. The Balaban J connectivity index is 1.77. The van der Waals surface area contributed by atoms with Crippen molar-refractivity contribution in [3.63, 3.8) is 0 Å². The first-order valence-corrected chi connectivity index (χ1v) is 7.26. The number of hydrogen-bond donors (Lipinski definition) is 1. The number of rotatable bonds is 4. The fourth-order valence-electron chi connectivity index (χ4n) is 2.50. The summed E-state index contributed by atoms with van der Waals surface area (Å²) < 4.78 is 12.9. The van der Waals surface area contributed by atoms with Gasteiger partial charge in [0, 0.05) is 5.56 Å². The molecule has 1 atom stereocenters. The first-order valence-electron chi connectivity index (χ1n) is 7.26. The molecule has 0 radical (unpaired) electrons. The molecular formula is C18H18FNO. The summed E-state index contributed by atoms with van der Waals surface area (Å²) >= 11 is 0. The summed E-state index contributed by atoms with van der Waals surface area (Å²) in [5.41, 5.74) is 2.84. The van der Waals surface area contributed by atoms with E-state index in [-0.39, 0.29) is 17.8 Å².